The number of benzene rings is 2. The summed E-state index contributed by atoms with van der Waals surface area (Å²) in [6, 6.07) is 20.8. The van der Waals surface area contributed by atoms with Crippen LogP contribution in [0.2, 0.25) is 0 Å². The van der Waals surface area contributed by atoms with Crippen LogP contribution in [0.25, 0.3) is 22.5 Å². The van der Waals surface area contributed by atoms with Crippen molar-refractivity contribution in [2.75, 3.05) is 41.8 Å². The normalized spacial score (nSPS) is 13.4. The largest absolute Gasteiger partial charge is 0.378 e. The zero-order chi connectivity index (χ0) is 23.2. The van der Waals surface area contributed by atoms with Crippen molar-refractivity contribution in [2.45, 2.75) is 0 Å². The molecule has 8 heteroatoms. The van der Waals surface area contributed by atoms with Crippen LogP contribution in [-0.2, 0) is 4.74 Å². The lowest BCUT2D eigenvalue weighted by molar-refractivity contribution is 0.122. The zero-order valence-corrected chi connectivity index (χ0v) is 18.5. The van der Waals surface area contributed by atoms with E-state index in [2.05, 4.69) is 37.6 Å². The van der Waals surface area contributed by atoms with Gasteiger partial charge in [0.15, 0.2) is 5.82 Å². The molecule has 1 saturated heterocycles. The summed E-state index contributed by atoms with van der Waals surface area (Å²) in [5.74, 6) is 1.53. The highest BCUT2D eigenvalue weighted by atomic mass is 16.5. The smallest absolute Gasteiger partial charge is 0.323 e. The summed E-state index contributed by atoms with van der Waals surface area (Å²) in [6.07, 6.45) is 5.13. The van der Waals surface area contributed by atoms with E-state index in [9.17, 15) is 4.79 Å². The first-order valence-electron chi connectivity index (χ1n) is 11.1. The highest BCUT2D eigenvalue weighted by Crippen LogP contribution is 2.31. The minimum absolute atomic E-state index is 0.334. The Balaban J connectivity index is 1.37. The number of anilines is 3. The van der Waals surface area contributed by atoms with Crippen LogP contribution in [0.4, 0.5) is 22.0 Å². The number of aromatic nitrogens is 3. The monoisotopic (exact) mass is 452 g/mol. The predicted molar refractivity (Wildman–Crippen MR) is 133 cm³/mol. The number of carbonyl (C=O) groups excluding carboxylic acids is 1. The lowest BCUT2D eigenvalue weighted by Crippen LogP contribution is -2.37. The minimum Gasteiger partial charge on any atom is -0.378 e. The summed E-state index contributed by atoms with van der Waals surface area (Å²) in [6.45, 7) is 2.92. The summed E-state index contributed by atoms with van der Waals surface area (Å²) in [4.78, 5) is 28.1. The molecule has 34 heavy (non-hydrogen) atoms. The van der Waals surface area contributed by atoms with Crippen molar-refractivity contribution in [2.24, 2.45) is 0 Å². The van der Waals surface area contributed by atoms with Crippen molar-refractivity contribution < 1.29 is 9.53 Å². The number of urea groups is 1. The molecule has 170 valence electrons. The molecule has 0 radical (unpaired) electrons. The van der Waals surface area contributed by atoms with E-state index in [0.717, 1.165) is 35.6 Å². The van der Waals surface area contributed by atoms with Crippen molar-refractivity contribution >= 4 is 23.2 Å². The molecule has 0 spiro atoms. The van der Waals surface area contributed by atoms with Gasteiger partial charge in [-0.15, -0.1) is 0 Å². The maximum atomic E-state index is 12.2. The van der Waals surface area contributed by atoms with E-state index in [4.69, 9.17) is 9.72 Å². The van der Waals surface area contributed by atoms with Crippen LogP contribution in [0.15, 0.2) is 85.3 Å². The standard InChI is InChI=1S/C26H24N6O2/c33-26(30-22-7-4-12-27-17-22)29-21-10-8-20(9-11-21)24-28-18-23(19-5-2-1-3-6-19)25(31-24)32-13-15-34-16-14-32/h1-12,17-18H,13-16H2,(H2,29,30,33). The molecule has 0 bridgehead atoms. The third kappa shape index (κ3) is 5.02. The maximum absolute atomic E-state index is 12.2. The number of hydrogen-bond donors (Lipinski definition) is 2. The Kier molecular flexibility index (Phi) is 6.40. The van der Waals surface area contributed by atoms with Gasteiger partial charge in [0, 0.05) is 42.3 Å². The van der Waals surface area contributed by atoms with E-state index in [1.54, 1.807) is 24.5 Å². The highest BCUT2D eigenvalue weighted by molar-refractivity contribution is 5.99. The minimum atomic E-state index is -0.334. The van der Waals surface area contributed by atoms with E-state index >= 15 is 0 Å². The quantitative estimate of drug-likeness (QED) is 0.457. The molecular formula is C26H24N6O2. The number of rotatable bonds is 5. The summed E-state index contributed by atoms with van der Waals surface area (Å²) < 4.78 is 5.54. The van der Waals surface area contributed by atoms with Gasteiger partial charge in [0.2, 0.25) is 0 Å². The van der Waals surface area contributed by atoms with Gasteiger partial charge in [-0.3, -0.25) is 4.98 Å². The molecule has 2 aromatic carbocycles. The number of hydrogen-bond acceptors (Lipinski definition) is 6. The molecule has 1 aliphatic heterocycles. The third-order valence-corrected chi connectivity index (χ3v) is 5.48. The fraction of sp³-hybridized carbons (Fsp3) is 0.154. The molecule has 3 heterocycles. The van der Waals surface area contributed by atoms with Gasteiger partial charge in [-0.25, -0.2) is 14.8 Å². The molecule has 2 amide bonds. The number of ether oxygens (including phenoxy) is 1. The van der Waals surface area contributed by atoms with Crippen LogP contribution in [0, 0.1) is 0 Å². The van der Waals surface area contributed by atoms with Crippen LogP contribution < -0.4 is 15.5 Å². The Labute approximate surface area is 197 Å². The summed E-state index contributed by atoms with van der Waals surface area (Å²) in [7, 11) is 0. The van der Waals surface area contributed by atoms with Gasteiger partial charge in [0.25, 0.3) is 0 Å². The van der Waals surface area contributed by atoms with Crippen LogP contribution in [0.5, 0.6) is 0 Å². The number of pyridine rings is 1. The zero-order valence-electron chi connectivity index (χ0n) is 18.5. The van der Waals surface area contributed by atoms with Gasteiger partial charge >= 0.3 is 6.03 Å². The number of nitrogens with zero attached hydrogens (tertiary/aromatic N) is 4. The van der Waals surface area contributed by atoms with Crippen LogP contribution in [0.1, 0.15) is 0 Å². The molecule has 4 aromatic rings. The van der Waals surface area contributed by atoms with E-state index in [-0.39, 0.29) is 6.03 Å². The summed E-state index contributed by atoms with van der Waals surface area (Å²) in [5, 5.41) is 5.57. The van der Waals surface area contributed by atoms with Crippen molar-refractivity contribution in [1.29, 1.82) is 0 Å². The fourth-order valence-corrected chi connectivity index (χ4v) is 3.78. The molecular weight excluding hydrogens is 428 g/mol. The highest BCUT2D eigenvalue weighted by Gasteiger charge is 2.19. The maximum Gasteiger partial charge on any atom is 0.323 e. The lowest BCUT2D eigenvalue weighted by Gasteiger charge is -2.29. The molecule has 5 rings (SSSR count). The Morgan fingerprint density at radius 1 is 0.824 bits per heavy atom. The molecule has 1 fully saturated rings. The molecule has 0 atom stereocenters. The first-order valence-corrected chi connectivity index (χ1v) is 11.1. The van der Waals surface area contributed by atoms with Gasteiger partial charge < -0.3 is 20.3 Å². The topological polar surface area (TPSA) is 92.3 Å². The van der Waals surface area contributed by atoms with Crippen LogP contribution in [0.3, 0.4) is 0 Å². The Hall–Kier alpha value is -4.30. The molecule has 1 aliphatic rings. The predicted octanol–water partition coefficient (Wildman–Crippen LogP) is 4.69. The van der Waals surface area contributed by atoms with E-state index in [0.29, 0.717) is 30.4 Å². The van der Waals surface area contributed by atoms with Gasteiger partial charge in [0.1, 0.15) is 5.82 Å². The third-order valence-electron chi connectivity index (χ3n) is 5.48. The van der Waals surface area contributed by atoms with Crippen molar-refractivity contribution in [3.05, 3.63) is 85.3 Å². The average molecular weight is 453 g/mol. The number of nitrogens with one attached hydrogen (secondary N) is 2. The van der Waals surface area contributed by atoms with Gasteiger partial charge in [-0.05, 0) is 42.0 Å². The van der Waals surface area contributed by atoms with Gasteiger partial charge in [0.05, 0.1) is 25.1 Å². The van der Waals surface area contributed by atoms with E-state index < -0.39 is 0 Å². The van der Waals surface area contributed by atoms with Crippen molar-refractivity contribution in [3.8, 4) is 22.5 Å². The number of amides is 2. The number of carbonyl (C=O) groups is 1. The van der Waals surface area contributed by atoms with Crippen molar-refractivity contribution in [3.63, 3.8) is 0 Å². The molecule has 8 nitrogen and oxygen atoms in total. The summed E-state index contributed by atoms with van der Waals surface area (Å²) >= 11 is 0. The Morgan fingerprint density at radius 3 is 2.32 bits per heavy atom. The molecule has 2 aromatic heterocycles. The summed E-state index contributed by atoms with van der Waals surface area (Å²) in [5.41, 5.74) is 4.23. The molecule has 2 N–H and O–H groups in total. The first kappa shape index (κ1) is 21.5. The second-order valence-corrected chi connectivity index (χ2v) is 7.79. The van der Waals surface area contributed by atoms with Crippen LogP contribution in [-0.4, -0.2) is 47.3 Å². The Morgan fingerprint density at radius 2 is 1.59 bits per heavy atom. The van der Waals surface area contributed by atoms with Gasteiger partial charge in [-0.2, -0.15) is 0 Å². The second-order valence-electron chi connectivity index (χ2n) is 7.79. The fourth-order valence-electron chi connectivity index (χ4n) is 3.78. The average Bonchev–Trinajstić information content (AvgIpc) is 2.90. The first-order chi connectivity index (χ1) is 16.8. The molecule has 0 saturated carbocycles. The SMILES string of the molecule is O=C(Nc1ccc(-c2ncc(-c3ccccc3)c(N3CCOCC3)n2)cc1)Nc1cccnc1. The Bertz CT molecular complexity index is 1240. The molecule has 0 aliphatic carbocycles. The van der Waals surface area contributed by atoms with Gasteiger partial charge in [-0.1, -0.05) is 30.3 Å². The van der Waals surface area contributed by atoms with E-state index in [1.807, 2.05) is 48.7 Å². The molecule has 0 unspecified atom stereocenters. The van der Waals surface area contributed by atoms with Crippen molar-refractivity contribution in [1.82, 2.24) is 15.0 Å². The lowest BCUT2D eigenvalue weighted by atomic mass is 10.1. The van der Waals surface area contributed by atoms with Crippen LogP contribution >= 0.6 is 0 Å². The van der Waals surface area contributed by atoms with E-state index in [1.165, 1.54) is 0 Å². The second kappa shape index (κ2) is 10.1. The number of morpholine rings is 1.